The molecule has 2 heterocycles. The Kier molecular flexibility index (Phi) is 10.2. The SMILES string of the molecule is CCO[C@@H]1OC(C(=O)NCc2ccccc2)=C[C@H](c2ccc3c(c2)OCO3)[C@@H]1CCOCCOCCO. The number of benzene rings is 2. The predicted octanol–water partition coefficient (Wildman–Crippen LogP) is 3.12. The molecule has 9 nitrogen and oxygen atoms in total. The highest BCUT2D eigenvalue weighted by atomic mass is 16.7. The molecule has 3 atom stereocenters. The molecular weight excluding hydrogens is 478 g/mol. The molecular formula is C28H35NO8. The van der Waals surface area contributed by atoms with Crippen LogP contribution in [-0.4, -0.2) is 63.7 Å². The van der Waals surface area contributed by atoms with Gasteiger partial charge in [-0.2, -0.15) is 0 Å². The molecule has 2 aromatic carbocycles. The van der Waals surface area contributed by atoms with Crippen LogP contribution in [0.25, 0.3) is 0 Å². The number of nitrogens with one attached hydrogen (secondary N) is 1. The van der Waals surface area contributed by atoms with E-state index >= 15 is 0 Å². The molecule has 4 rings (SSSR count). The minimum atomic E-state index is -0.628. The highest BCUT2D eigenvalue weighted by Crippen LogP contribution is 2.42. The summed E-state index contributed by atoms with van der Waals surface area (Å²) in [5.41, 5.74) is 1.97. The van der Waals surface area contributed by atoms with Crippen molar-refractivity contribution in [3.63, 3.8) is 0 Å². The second-order valence-corrected chi connectivity index (χ2v) is 8.68. The monoisotopic (exact) mass is 513 g/mol. The van der Waals surface area contributed by atoms with Crippen LogP contribution in [0.1, 0.15) is 30.4 Å². The Bertz CT molecular complexity index is 1030. The molecule has 0 radical (unpaired) electrons. The van der Waals surface area contributed by atoms with E-state index in [0.717, 1.165) is 11.1 Å². The third-order valence-corrected chi connectivity index (χ3v) is 6.22. The minimum Gasteiger partial charge on any atom is -0.459 e. The van der Waals surface area contributed by atoms with Crippen molar-refractivity contribution >= 4 is 5.91 Å². The largest absolute Gasteiger partial charge is 0.459 e. The average molecular weight is 514 g/mol. The summed E-state index contributed by atoms with van der Waals surface area (Å²) in [6.45, 7) is 4.49. The van der Waals surface area contributed by atoms with E-state index in [1.54, 1.807) is 0 Å². The number of rotatable bonds is 14. The fraction of sp³-hybridized carbons (Fsp3) is 0.464. The summed E-state index contributed by atoms with van der Waals surface area (Å²) in [5.74, 6) is 1.03. The molecule has 2 aliphatic rings. The van der Waals surface area contributed by atoms with Crippen molar-refractivity contribution < 1.29 is 38.3 Å². The number of hydrogen-bond acceptors (Lipinski definition) is 8. The second-order valence-electron chi connectivity index (χ2n) is 8.68. The first-order valence-corrected chi connectivity index (χ1v) is 12.7. The number of aliphatic hydroxyl groups excluding tert-OH is 1. The van der Waals surface area contributed by atoms with Crippen molar-refractivity contribution in [2.75, 3.05) is 46.4 Å². The van der Waals surface area contributed by atoms with Crippen LogP contribution < -0.4 is 14.8 Å². The van der Waals surface area contributed by atoms with Crippen LogP contribution in [0.15, 0.2) is 60.4 Å². The van der Waals surface area contributed by atoms with Gasteiger partial charge in [-0.15, -0.1) is 0 Å². The number of aliphatic hydroxyl groups is 1. The molecule has 0 saturated heterocycles. The van der Waals surface area contributed by atoms with E-state index in [-0.39, 0.29) is 36.9 Å². The van der Waals surface area contributed by atoms with Gasteiger partial charge in [-0.1, -0.05) is 36.4 Å². The van der Waals surface area contributed by atoms with E-state index in [0.29, 0.717) is 57.5 Å². The molecule has 0 aliphatic carbocycles. The summed E-state index contributed by atoms with van der Waals surface area (Å²) in [5, 5.41) is 11.8. The van der Waals surface area contributed by atoms with Gasteiger partial charge < -0.3 is 38.8 Å². The van der Waals surface area contributed by atoms with E-state index in [4.69, 9.17) is 33.5 Å². The Morgan fingerprint density at radius 2 is 1.81 bits per heavy atom. The minimum absolute atomic E-state index is 0.0136. The van der Waals surface area contributed by atoms with Gasteiger partial charge in [-0.05, 0) is 42.7 Å². The highest BCUT2D eigenvalue weighted by Gasteiger charge is 2.38. The van der Waals surface area contributed by atoms with Crippen LogP contribution >= 0.6 is 0 Å². The molecule has 0 aromatic heterocycles. The maximum atomic E-state index is 13.1. The molecule has 2 N–H and O–H groups in total. The van der Waals surface area contributed by atoms with Crippen molar-refractivity contribution in [2.24, 2.45) is 5.92 Å². The standard InChI is InChI=1S/C28H35NO8/c1-2-34-28-22(10-12-32-14-15-33-13-11-30)23(21-8-9-24-25(16-21)36-19-35-24)17-26(37-28)27(31)29-18-20-6-4-3-5-7-20/h3-9,16-17,22-23,28,30H,2,10-15,18-19H2,1H3,(H,29,31)/t22-,23+,28+/m0/s1. The lowest BCUT2D eigenvalue weighted by Gasteiger charge is -2.37. The van der Waals surface area contributed by atoms with Gasteiger partial charge in [0, 0.05) is 31.6 Å². The van der Waals surface area contributed by atoms with Crippen LogP contribution in [0.4, 0.5) is 0 Å². The summed E-state index contributed by atoms with van der Waals surface area (Å²) in [4.78, 5) is 13.1. The van der Waals surface area contributed by atoms with E-state index in [2.05, 4.69) is 5.32 Å². The van der Waals surface area contributed by atoms with Gasteiger partial charge in [-0.3, -0.25) is 4.79 Å². The molecule has 0 bridgehead atoms. The lowest BCUT2D eigenvalue weighted by Crippen LogP contribution is -2.39. The number of allylic oxidation sites excluding steroid dienone is 1. The summed E-state index contributed by atoms with van der Waals surface area (Å²) in [7, 11) is 0. The van der Waals surface area contributed by atoms with E-state index in [1.165, 1.54) is 0 Å². The second kappa shape index (κ2) is 14.0. The molecule has 9 heteroatoms. The van der Waals surface area contributed by atoms with Gasteiger partial charge in [0.2, 0.25) is 13.1 Å². The first-order valence-electron chi connectivity index (χ1n) is 12.7. The number of carbonyl (C=O) groups excluding carboxylic acids is 1. The normalized spacial score (nSPS) is 20.3. The average Bonchev–Trinajstić information content (AvgIpc) is 3.40. The molecule has 0 unspecified atom stereocenters. The van der Waals surface area contributed by atoms with Gasteiger partial charge in [0.25, 0.3) is 5.91 Å². The zero-order chi connectivity index (χ0) is 25.9. The van der Waals surface area contributed by atoms with Crippen molar-refractivity contribution in [1.82, 2.24) is 5.32 Å². The van der Waals surface area contributed by atoms with Crippen LogP contribution in [0, 0.1) is 5.92 Å². The van der Waals surface area contributed by atoms with Gasteiger partial charge in [0.1, 0.15) is 0 Å². The Labute approximate surface area is 217 Å². The number of fused-ring (bicyclic) bond motifs is 1. The maximum absolute atomic E-state index is 13.1. The van der Waals surface area contributed by atoms with Crippen LogP contribution in [0.2, 0.25) is 0 Å². The third kappa shape index (κ3) is 7.45. The van der Waals surface area contributed by atoms with Crippen LogP contribution in [0.5, 0.6) is 11.5 Å². The summed E-state index contributed by atoms with van der Waals surface area (Å²) in [6, 6.07) is 15.5. The lowest BCUT2D eigenvalue weighted by atomic mass is 9.81. The van der Waals surface area contributed by atoms with Crippen molar-refractivity contribution in [3.8, 4) is 11.5 Å². The molecule has 200 valence electrons. The van der Waals surface area contributed by atoms with Crippen molar-refractivity contribution in [1.29, 1.82) is 0 Å². The fourth-order valence-corrected chi connectivity index (χ4v) is 4.41. The zero-order valence-electron chi connectivity index (χ0n) is 21.1. The lowest BCUT2D eigenvalue weighted by molar-refractivity contribution is -0.168. The van der Waals surface area contributed by atoms with E-state index < -0.39 is 6.29 Å². The molecule has 2 aliphatic heterocycles. The predicted molar refractivity (Wildman–Crippen MR) is 135 cm³/mol. The quantitative estimate of drug-likeness (QED) is 0.372. The fourth-order valence-electron chi connectivity index (χ4n) is 4.41. The summed E-state index contributed by atoms with van der Waals surface area (Å²) >= 11 is 0. The number of amides is 1. The van der Waals surface area contributed by atoms with Gasteiger partial charge >= 0.3 is 0 Å². The molecule has 0 saturated carbocycles. The number of carbonyl (C=O) groups is 1. The van der Waals surface area contributed by atoms with Gasteiger partial charge in [0.05, 0.1) is 26.4 Å². The van der Waals surface area contributed by atoms with Crippen molar-refractivity contribution in [2.45, 2.75) is 32.1 Å². The van der Waals surface area contributed by atoms with E-state index in [9.17, 15) is 4.79 Å². The van der Waals surface area contributed by atoms with Crippen molar-refractivity contribution in [3.05, 3.63) is 71.5 Å². The Hall–Kier alpha value is -3.11. The number of hydrogen-bond donors (Lipinski definition) is 2. The molecule has 2 aromatic rings. The highest BCUT2D eigenvalue weighted by molar-refractivity contribution is 5.91. The number of ether oxygens (including phenoxy) is 6. The Balaban J connectivity index is 1.51. The first-order chi connectivity index (χ1) is 18.2. The molecule has 1 amide bonds. The van der Waals surface area contributed by atoms with E-state index in [1.807, 2.05) is 61.5 Å². The van der Waals surface area contributed by atoms with Crippen LogP contribution in [0.3, 0.4) is 0 Å². The molecule has 0 fully saturated rings. The smallest absolute Gasteiger partial charge is 0.286 e. The Morgan fingerprint density at radius 1 is 1.03 bits per heavy atom. The first kappa shape index (κ1) is 26.9. The van der Waals surface area contributed by atoms with Gasteiger partial charge in [0.15, 0.2) is 17.3 Å². The maximum Gasteiger partial charge on any atom is 0.286 e. The topological polar surface area (TPSA) is 105 Å². The summed E-state index contributed by atoms with van der Waals surface area (Å²) in [6.07, 6.45) is 1.87. The van der Waals surface area contributed by atoms with Gasteiger partial charge in [-0.25, -0.2) is 0 Å². The molecule has 37 heavy (non-hydrogen) atoms. The summed E-state index contributed by atoms with van der Waals surface area (Å²) < 4.78 is 34.2. The zero-order valence-corrected chi connectivity index (χ0v) is 21.1. The third-order valence-electron chi connectivity index (χ3n) is 6.22. The van der Waals surface area contributed by atoms with Crippen LogP contribution in [-0.2, 0) is 30.3 Å². The Morgan fingerprint density at radius 3 is 2.59 bits per heavy atom. The molecule has 0 spiro atoms.